The number of hydrogen-bond donors (Lipinski definition) is 2. The summed E-state index contributed by atoms with van der Waals surface area (Å²) in [6.45, 7) is 3.91. The van der Waals surface area contributed by atoms with E-state index in [0.717, 1.165) is 34.3 Å². The van der Waals surface area contributed by atoms with Gasteiger partial charge in [0.25, 0.3) is 0 Å². The standard InChI is InChI=1S/C25H30N6O2/c1-17(22-14-19-7-5-6-8-21(19)27-22)30(4)23(32)10-9-18-13-20-16-31(12-11-29(2)3)25(33)28-24(20)26-15-18/h5-10,13-15,17,27H,11-12,16H2,1-4H3,(H,26,28,33). The molecule has 1 aliphatic rings. The van der Waals surface area contributed by atoms with E-state index in [9.17, 15) is 9.59 Å². The van der Waals surface area contributed by atoms with Gasteiger partial charge in [0.15, 0.2) is 0 Å². The number of H-pyrrole nitrogens is 1. The van der Waals surface area contributed by atoms with Crippen LogP contribution >= 0.6 is 0 Å². The first kappa shape index (κ1) is 22.5. The third-order valence-corrected chi connectivity index (χ3v) is 6.03. The molecule has 3 amide bonds. The topological polar surface area (TPSA) is 84.6 Å². The van der Waals surface area contributed by atoms with Crippen LogP contribution in [0.3, 0.4) is 0 Å². The van der Waals surface area contributed by atoms with E-state index in [0.29, 0.717) is 18.9 Å². The van der Waals surface area contributed by atoms with Gasteiger partial charge < -0.3 is 19.7 Å². The minimum atomic E-state index is -0.136. The number of likely N-dealkylation sites (N-methyl/N-ethyl adjacent to an activating group) is 2. The van der Waals surface area contributed by atoms with Crippen LogP contribution in [-0.2, 0) is 11.3 Å². The molecule has 4 rings (SSSR count). The lowest BCUT2D eigenvalue weighted by molar-refractivity contribution is -0.126. The number of aromatic amines is 1. The van der Waals surface area contributed by atoms with Crippen LogP contribution in [0.1, 0.15) is 29.8 Å². The van der Waals surface area contributed by atoms with Gasteiger partial charge in [-0.15, -0.1) is 0 Å². The Balaban J connectivity index is 1.43. The first-order valence-corrected chi connectivity index (χ1v) is 11.0. The maximum atomic E-state index is 12.8. The van der Waals surface area contributed by atoms with Crippen molar-refractivity contribution in [3.05, 3.63) is 65.5 Å². The fourth-order valence-corrected chi connectivity index (χ4v) is 3.82. The number of anilines is 1. The summed E-state index contributed by atoms with van der Waals surface area (Å²) in [7, 11) is 5.76. The van der Waals surface area contributed by atoms with Crippen molar-refractivity contribution < 1.29 is 9.59 Å². The lowest BCUT2D eigenvalue weighted by Gasteiger charge is -2.29. The van der Waals surface area contributed by atoms with E-state index in [1.54, 1.807) is 35.2 Å². The summed E-state index contributed by atoms with van der Waals surface area (Å²) < 4.78 is 0. The molecule has 3 heterocycles. The van der Waals surface area contributed by atoms with Crippen LogP contribution in [0, 0.1) is 0 Å². The van der Waals surface area contributed by atoms with Crippen molar-refractivity contribution in [2.45, 2.75) is 19.5 Å². The zero-order valence-corrected chi connectivity index (χ0v) is 19.5. The van der Waals surface area contributed by atoms with E-state index in [1.807, 2.05) is 50.2 Å². The van der Waals surface area contributed by atoms with Gasteiger partial charge in [-0.25, -0.2) is 9.78 Å². The quantitative estimate of drug-likeness (QED) is 0.542. The largest absolute Gasteiger partial charge is 0.357 e. The van der Waals surface area contributed by atoms with Crippen molar-refractivity contribution in [1.29, 1.82) is 0 Å². The molecule has 8 nitrogen and oxygen atoms in total. The van der Waals surface area contributed by atoms with Crippen molar-refractivity contribution in [2.24, 2.45) is 0 Å². The zero-order valence-electron chi connectivity index (χ0n) is 19.5. The molecular weight excluding hydrogens is 416 g/mol. The van der Waals surface area contributed by atoms with Gasteiger partial charge in [-0.3, -0.25) is 10.1 Å². The summed E-state index contributed by atoms with van der Waals surface area (Å²) in [6, 6.07) is 11.9. The summed E-state index contributed by atoms with van der Waals surface area (Å²) in [6.07, 6.45) is 5.00. The number of nitrogens with zero attached hydrogens (tertiary/aromatic N) is 4. The van der Waals surface area contributed by atoms with Gasteiger partial charge in [0.2, 0.25) is 5.91 Å². The number of fused-ring (bicyclic) bond motifs is 2. The minimum Gasteiger partial charge on any atom is -0.357 e. The van der Waals surface area contributed by atoms with Crippen LogP contribution in [-0.4, -0.2) is 70.8 Å². The van der Waals surface area contributed by atoms with E-state index in [-0.39, 0.29) is 18.0 Å². The molecule has 1 aliphatic heterocycles. The number of nitrogens with one attached hydrogen (secondary N) is 2. The highest BCUT2D eigenvalue weighted by atomic mass is 16.2. The second-order valence-corrected chi connectivity index (χ2v) is 8.70. The molecule has 0 bridgehead atoms. The van der Waals surface area contributed by atoms with Crippen LogP contribution in [0.25, 0.3) is 17.0 Å². The predicted octanol–water partition coefficient (Wildman–Crippen LogP) is 3.70. The van der Waals surface area contributed by atoms with Gasteiger partial charge in [0, 0.05) is 49.2 Å². The van der Waals surface area contributed by atoms with Gasteiger partial charge in [-0.2, -0.15) is 0 Å². The van der Waals surface area contributed by atoms with E-state index < -0.39 is 0 Å². The Morgan fingerprint density at radius 3 is 2.79 bits per heavy atom. The van der Waals surface area contributed by atoms with Gasteiger partial charge >= 0.3 is 6.03 Å². The highest BCUT2D eigenvalue weighted by molar-refractivity contribution is 5.93. The normalized spacial score (nSPS) is 14.6. The molecule has 1 unspecified atom stereocenters. The van der Waals surface area contributed by atoms with Crippen molar-refractivity contribution >= 4 is 34.7 Å². The van der Waals surface area contributed by atoms with Crippen LogP contribution in [0.15, 0.2) is 48.7 Å². The minimum absolute atomic E-state index is 0.0974. The second kappa shape index (κ2) is 9.46. The maximum absolute atomic E-state index is 12.8. The number of hydrogen-bond acceptors (Lipinski definition) is 4. The van der Waals surface area contributed by atoms with Crippen LogP contribution in [0.4, 0.5) is 10.6 Å². The average molecular weight is 447 g/mol. The smallest absolute Gasteiger partial charge is 0.323 e. The van der Waals surface area contributed by atoms with Crippen molar-refractivity contribution in [3.8, 4) is 0 Å². The molecule has 0 aliphatic carbocycles. The van der Waals surface area contributed by atoms with Crippen molar-refractivity contribution in [1.82, 2.24) is 24.7 Å². The Morgan fingerprint density at radius 2 is 2.03 bits per heavy atom. The number of rotatable bonds is 7. The van der Waals surface area contributed by atoms with Crippen molar-refractivity contribution in [3.63, 3.8) is 0 Å². The molecule has 0 radical (unpaired) electrons. The third-order valence-electron chi connectivity index (χ3n) is 6.03. The Labute approximate surface area is 193 Å². The van der Waals surface area contributed by atoms with Gasteiger partial charge in [0.1, 0.15) is 5.82 Å². The number of amides is 3. The molecule has 33 heavy (non-hydrogen) atoms. The SMILES string of the molecule is CC(c1cc2ccccc2[nH]1)N(C)C(=O)C=Cc1cnc2c(c1)CN(CCN(C)C)C(=O)N2. The number of urea groups is 1. The van der Waals surface area contributed by atoms with E-state index >= 15 is 0 Å². The van der Waals surface area contributed by atoms with Gasteiger partial charge in [0.05, 0.1) is 12.6 Å². The van der Waals surface area contributed by atoms with E-state index in [1.165, 1.54) is 0 Å². The molecule has 2 aromatic heterocycles. The van der Waals surface area contributed by atoms with Gasteiger partial charge in [-0.1, -0.05) is 18.2 Å². The van der Waals surface area contributed by atoms with Crippen LogP contribution in [0.5, 0.6) is 0 Å². The molecule has 1 atom stereocenters. The molecule has 1 aromatic carbocycles. The molecule has 2 N–H and O–H groups in total. The molecular formula is C25H30N6O2. The van der Waals surface area contributed by atoms with Crippen LogP contribution < -0.4 is 5.32 Å². The predicted molar refractivity (Wildman–Crippen MR) is 131 cm³/mol. The summed E-state index contributed by atoms with van der Waals surface area (Å²) in [5.41, 5.74) is 3.80. The lowest BCUT2D eigenvalue weighted by Crippen LogP contribution is -2.42. The molecule has 0 saturated heterocycles. The van der Waals surface area contributed by atoms with E-state index in [2.05, 4.69) is 27.4 Å². The summed E-state index contributed by atoms with van der Waals surface area (Å²) >= 11 is 0. The summed E-state index contributed by atoms with van der Waals surface area (Å²) in [5, 5.41) is 3.97. The van der Waals surface area contributed by atoms with Gasteiger partial charge in [-0.05, 0) is 56.2 Å². The lowest BCUT2D eigenvalue weighted by atomic mass is 10.1. The highest BCUT2D eigenvalue weighted by Crippen LogP contribution is 2.24. The number of para-hydroxylation sites is 1. The number of benzene rings is 1. The molecule has 3 aromatic rings. The Hall–Kier alpha value is -3.65. The average Bonchev–Trinajstić information content (AvgIpc) is 3.24. The maximum Gasteiger partial charge on any atom is 0.323 e. The zero-order chi connectivity index (χ0) is 23.5. The second-order valence-electron chi connectivity index (χ2n) is 8.70. The Bertz CT molecular complexity index is 1170. The number of carbonyl (C=O) groups is 2. The summed E-state index contributed by atoms with van der Waals surface area (Å²) in [4.78, 5) is 38.4. The summed E-state index contributed by atoms with van der Waals surface area (Å²) in [5.74, 6) is 0.480. The molecule has 0 spiro atoms. The molecule has 0 fully saturated rings. The third kappa shape index (κ3) is 5.06. The highest BCUT2D eigenvalue weighted by Gasteiger charge is 2.23. The Morgan fingerprint density at radius 1 is 1.24 bits per heavy atom. The fourth-order valence-electron chi connectivity index (χ4n) is 3.82. The number of carbonyl (C=O) groups excluding carboxylic acids is 2. The van der Waals surface area contributed by atoms with Crippen LogP contribution in [0.2, 0.25) is 0 Å². The Kier molecular flexibility index (Phi) is 6.46. The molecule has 0 saturated carbocycles. The van der Waals surface area contributed by atoms with Crippen molar-refractivity contribution in [2.75, 3.05) is 39.5 Å². The first-order valence-electron chi connectivity index (χ1n) is 11.0. The number of pyridine rings is 1. The van der Waals surface area contributed by atoms with E-state index in [4.69, 9.17) is 0 Å². The number of aromatic nitrogens is 2. The fraction of sp³-hybridized carbons (Fsp3) is 0.320. The molecule has 172 valence electrons. The monoisotopic (exact) mass is 446 g/mol. The first-order chi connectivity index (χ1) is 15.8. The molecule has 8 heteroatoms.